The van der Waals surface area contributed by atoms with Crippen molar-refractivity contribution in [2.45, 2.75) is 13.8 Å². The van der Waals surface area contributed by atoms with Crippen LogP contribution in [0.3, 0.4) is 0 Å². The molecule has 116 valence electrons. The second kappa shape index (κ2) is 6.22. The number of ketones is 1. The number of H-pyrrole nitrogens is 1. The van der Waals surface area contributed by atoms with E-state index in [9.17, 15) is 9.59 Å². The second-order valence-corrected chi connectivity index (χ2v) is 6.36. The maximum Gasteiger partial charge on any atom is 0.266 e. The molecule has 0 aliphatic rings. The van der Waals surface area contributed by atoms with E-state index in [1.54, 1.807) is 12.1 Å². The van der Waals surface area contributed by atoms with Crippen molar-refractivity contribution in [1.82, 2.24) is 4.98 Å². The fourth-order valence-corrected chi connectivity index (χ4v) is 3.07. The van der Waals surface area contributed by atoms with E-state index in [2.05, 4.69) is 4.98 Å². The first-order valence-electron chi connectivity index (χ1n) is 7.10. The molecule has 1 N–H and O–H groups in total. The quantitative estimate of drug-likeness (QED) is 0.751. The molecule has 0 spiro atoms. The summed E-state index contributed by atoms with van der Waals surface area (Å²) in [6.07, 6.45) is 4.67. The first-order valence-corrected chi connectivity index (χ1v) is 7.92. The highest BCUT2D eigenvalue weighted by Gasteiger charge is 2.05. The first kappa shape index (κ1) is 15.2. The topological polar surface area (TPSA) is 63.1 Å². The van der Waals surface area contributed by atoms with Gasteiger partial charge in [0.25, 0.3) is 5.56 Å². The van der Waals surface area contributed by atoms with Crippen LogP contribution in [-0.4, -0.2) is 10.8 Å². The lowest BCUT2D eigenvalue weighted by molar-refractivity contribution is 0.103. The minimum absolute atomic E-state index is 0.200. The molecule has 23 heavy (non-hydrogen) atoms. The number of aromatic nitrogens is 1. The summed E-state index contributed by atoms with van der Waals surface area (Å²) in [6, 6.07) is 9.33. The SMILES string of the molecule is Cc1ccc(C)c(/C=c2\s/c(=C\C(=O)c3ccco3)[nH]c2=O)c1. The van der Waals surface area contributed by atoms with Crippen molar-refractivity contribution >= 4 is 29.3 Å². The van der Waals surface area contributed by atoms with E-state index in [0.29, 0.717) is 9.20 Å². The molecule has 0 aliphatic heterocycles. The van der Waals surface area contributed by atoms with Crippen LogP contribution in [0, 0.1) is 13.8 Å². The lowest BCUT2D eigenvalue weighted by atomic mass is 10.1. The van der Waals surface area contributed by atoms with Crippen molar-refractivity contribution in [2.75, 3.05) is 0 Å². The molecule has 2 aromatic heterocycles. The molecule has 4 nitrogen and oxygen atoms in total. The van der Waals surface area contributed by atoms with Gasteiger partial charge < -0.3 is 9.40 Å². The number of carbonyl (C=O) groups excluding carboxylic acids is 1. The molecule has 0 fully saturated rings. The van der Waals surface area contributed by atoms with Crippen LogP contribution in [0.5, 0.6) is 0 Å². The van der Waals surface area contributed by atoms with E-state index in [4.69, 9.17) is 4.42 Å². The van der Waals surface area contributed by atoms with Gasteiger partial charge in [0.15, 0.2) is 5.76 Å². The number of Topliss-reactive ketones (excluding diaryl/α,β-unsaturated/α-hetero) is 1. The molecule has 0 aliphatic carbocycles. The van der Waals surface area contributed by atoms with E-state index in [1.807, 2.05) is 38.1 Å². The van der Waals surface area contributed by atoms with Gasteiger partial charge in [-0.05, 0) is 43.2 Å². The fraction of sp³-hybridized carbons (Fsp3) is 0.111. The largest absolute Gasteiger partial charge is 0.461 e. The maximum absolute atomic E-state index is 12.1. The molecule has 5 heteroatoms. The predicted molar refractivity (Wildman–Crippen MR) is 91.2 cm³/mol. The van der Waals surface area contributed by atoms with Crippen molar-refractivity contribution in [3.8, 4) is 0 Å². The number of hydrogen-bond donors (Lipinski definition) is 1. The van der Waals surface area contributed by atoms with Crippen LogP contribution in [0.4, 0.5) is 0 Å². The van der Waals surface area contributed by atoms with Crippen molar-refractivity contribution in [3.63, 3.8) is 0 Å². The summed E-state index contributed by atoms with van der Waals surface area (Å²) in [5.74, 6) is -0.0231. The summed E-state index contributed by atoms with van der Waals surface area (Å²) >= 11 is 1.25. The van der Waals surface area contributed by atoms with Crippen LogP contribution >= 0.6 is 11.3 Å². The zero-order chi connectivity index (χ0) is 16.4. The molecule has 0 unspecified atom stereocenters. The molecule has 0 bridgehead atoms. The van der Waals surface area contributed by atoms with E-state index in [1.165, 1.54) is 23.7 Å². The van der Waals surface area contributed by atoms with Gasteiger partial charge in [0.2, 0.25) is 5.78 Å². The molecule has 3 rings (SSSR count). The Kier molecular flexibility index (Phi) is 4.12. The number of carbonyl (C=O) groups is 1. The second-order valence-electron chi connectivity index (χ2n) is 5.27. The Morgan fingerprint density at radius 3 is 2.83 bits per heavy atom. The number of hydrogen-bond acceptors (Lipinski definition) is 4. The van der Waals surface area contributed by atoms with Gasteiger partial charge in [0, 0.05) is 6.08 Å². The molecular formula is C18H15NO3S. The lowest BCUT2D eigenvalue weighted by Gasteiger charge is -2.00. The highest BCUT2D eigenvalue weighted by atomic mass is 32.1. The van der Waals surface area contributed by atoms with Gasteiger partial charge in [0.05, 0.1) is 15.5 Å². The van der Waals surface area contributed by atoms with Crippen molar-refractivity contribution in [1.29, 1.82) is 0 Å². The minimum Gasteiger partial charge on any atom is -0.461 e. The van der Waals surface area contributed by atoms with E-state index in [-0.39, 0.29) is 17.1 Å². The molecule has 0 amide bonds. The summed E-state index contributed by atoms with van der Waals surface area (Å²) in [4.78, 5) is 26.8. The lowest BCUT2D eigenvalue weighted by Crippen LogP contribution is -2.20. The van der Waals surface area contributed by atoms with Crippen LogP contribution in [0.1, 0.15) is 27.2 Å². The number of nitrogens with one attached hydrogen (secondary N) is 1. The van der Waals surface area contributed by atoms with Crippen LogP contribution in [0.25, 0.3) is 12.2 Å². The van der Waals surface area contributed by atoms with Gasteiger partial charge in [0.1, 0.15) is 0 Å². The maximum atomic E-state index is 12.1. The molecule has 2 heterocycles. The summed E-state index contributed by atoms with van der Waals surface area (Å²) in [5, 5.41) is 0. The van der Waals surface area contributed by atoms with Crippen LogP contribution < -0.4 is 14.8 Å². The summed E-state index contributed by atoms with van der Waals surface area (Å²) in [5.41, 5.74) is 3.03. The van der Waals surface area contributed by atoms with Crippen LogP contribution in [0.15, 0.2) is 45.8 Å². The molecule has 1 aromatic carbocycles. The third-order valence-corrected chi connectivity index (χ3v) is 4.39. The molecule has 0 atom stereocenters. The Balaban J connectivity index is 2.05. The highest BCUT2D eigenvalue weighted by Crippen LogP contribution is 2.10. The number of rotatable bonds is 3. The molecule has 0 radical (unpaired) electrons. The number of aromatic amines is 1. The molecular weight excluding hydrogens is 310 g/mol. The van der Waals surface area contributed by atoms with Crippen molar-refractivity contribution in [2.24, 2.45) is 0 Å². The Bertz CT molecular complexity index is 1020. The summed E-state index contributed by atoms with van der Waals surface area (Å²) in [6.45, 7) is 4.01. The summed E-state index contributed by atoms with van der Waals surface area (Å²) in [7, 11) is 0. The van der Waals surface area contributed by atoms with Crippen molar-refractivity contribution in [3.05, 3.63) is 78.6 Å². The molecule has 3 aromatic rings. The molecule has 0 saturated heterocycles. The average molecular weight is 325 g/mol. The Morgan fingerprint density at radius 1 is 1.26 bits per heavy atom. The van der Waals surface area contributed by atoms with Crippen LogP contribution in [-0.2, 0) is 0 Å². The third kappa shape index (κ3) is 3.40. The zero-order valence-corrected chi connectivity index (χ0v) is 13.6. The number of benzene rings is 1. The number of aryl methyl sites for hydroxylation is 2. The third-order valence-electron chi connectivity index (χ3n) is 3.43. The van der Waals surface area contributed by atoms with Crippen LogP contribution in [0.2, 0.25) is 0 Å². The van der Waals surface area contributed by atoms with E-state index >= 15 is 0 Å². The van der Waals surface area contributed by atoms with Gasteiger partial charge in [-0.25, -0.2) is 0 Å². The van der Waals surface area contributed by atoms with Gasteiger partial charge in [-0.3, -0.25) is 9.59 Å². The smallest absolute Gasteiger partial charge is 0.266 e. The normalized spacial score (nSPS) is 12.8. The first-order chi connectivity index (χ1) is 11.0. The van der Waals surface area contributed by atoms with Gasteiger partial charge in [-0.15, -0.1) is 11.3 Å². The van der Waals surface area contributed by atoms with Gasteiger partial charge >= 0.3 is 0 Å². The standard InChI is InChI=1S/C18H15NO3S/c1-11-5-6-12(2)13(8-11)9-16-18(21)19-17(23-16)10-14(20)15-4-3-7-22-15/h3-10H,1-2H3,(H,19,21)/b16-9-,17-10-. The van der Waals surface area contributed by atoms with Gasteiger partial charge in [-0.1, -0.05) is 23.8 Å². The monoisotopic (exact) mass is 325 g/mol. The fourth-order valence-electron chi connectivity index (χ4n) is 2.19. The average Bonchev–Trinajstić information content (AvgIpc) is 3.14. The predicted octanol–water partition coefficient (Wildman–Crippen LogP) is 2.14. The minimum atomic E-state index is -0.272. The molecule has 0 saturated carbocycles. The van der Waals surface area contributed by atoms with Crippen molar-refractivity contribution < 1.29 is 9.21 Å². The number of furan rings is 1. The van der Waals surface area contributed by atoms with E-state index in [0.717, 1.165) is 16.7 Å². The van der Waals surface area contributed by atoms with Gasteiger partial charge in [-0.2, -0.15) is 0 Å². The van der Waals surface area contributed by atoms with E-state index < -0.39 is 0 Å². The Hall–Kier alpha value is -2.66. The number of thiazole rings is 1. The Labute approximate surface area is 136 Å². The summed E-state index contributed by atoms with van der Waals surface area (Å²) < 4.78 is 6.13. The highest BCUT2D eigenvalue weighted by molar-refractivity contribution is 7.07. The zero-order valence-electron chi connectivity index (χ0n) is 12.8. The Morgan fingerprint density at radius 2 is 2.09 bits per heavy atom.